The maximum absolute atomic E-state index is 12.3. The molecule has 0 unspecified atom stereocenters. The lowest BCUT2D eigenvalue weighted by Gasteiger charge is -2.09. The molecular weight excluding hydrogens is 286 g/mol. The van der Waals surface area contributed by atoms with Crippen LogP contribution in [0.4, 0.5) is 5.69 Å². The number of hydrogen-bond acceptors (Lipinski definition) is 2. The summed E-state index contributed by atoms with van der Waals surface area (Å²) in [7, 11) is 0. The first-order valence-electron chi connectivity index (χ1n) is 7.73. The number of aryl methyl sites for hydroxylation is 1. The number of aromatic hydroxyl groups is 1. The van der Waals surface area contributed by atoms with E-state index in [0.29, 0.717) is 5.69 Å². The van der Waals surface area contributed by atoms with Crippen LogP contribution in [0.3, 0.4) is 0 Å². The van der Waals surface area contributed by atoms with E-state index in [0.717, 1.165) is 16.3 Å². The minimum absolute atomic E-state index is 0.0141. The summed E-state index contributed by atoms with van der Waals surface area (Å²) in [5.41, 5.74) is 2.09. The molecule has 0 bridgehead atoms. The summed E-state index contributed by atoms with van der Waals surface area (Å²) in [5.74, 6) is -0.332. The number of carbonyl (C=O) groups is 1. The fourth-order valence-electron chi connectivity index (χ4n) is 2.31. The highest BCUT2D eigenvalue weighted by Crippen LogP contribution is 2.26. The molecule has 3 aromatic carbocycles. The highest BCUT2D eigenvalue weighted by molar-refractivity contribution is 6.08. The fourth-order valence-corrected chi connectivity index (χ4v) is 2.31. The van der Waals surface area contributed by atoms with Crippen molar-refractivity contribution in [2.24, 2.45) is 0 Å². The number of rotatable bonds is 2. The van der Waals surface area contributed by atoms with E-state index in [4.69, 9.17) is 0 Å². The Balaban J connectivity index is 0.000000924. The molecule has 0 aliphatic carbocycles. The molecule has 1 amide bonds. The van der Waals surface area contributed by atoms with E-state index >= 15 is 0 Å². The molecule has 2 N–H and O–H groups in total. The molecule has 3 rings (SSSR count). The van der Waals surface area contributed by atoms with Gasteiger partial charge in [-0.25, -0.2) is 0 Å². The van der Waals surface area contributed by atoms with Gasteiger partial charge in [0.2, 0.25) is 0 Å². The van der Waals surface area contributed by atoms with Gasteiger partial charge in [0.1, 0.15) is 5.75 Å². The molecule has 0 radical (unpaired) electrons. The fraction of sp³-hybridized carbons (Fsp3) is 0.150. The van der Waals surface area contributed by atoms with Crippen molar-refractivity contribution in [2.45, 2.75) is 20.8 Å². The van der Waals surface area contributed by atoms with E-state index in [2.05, 4.69) is 5.32 Å². The monoisotopic (exact) mass is 307 g/mol. The smallest absolute Gasteiger partial charge is 0.259 e. The molecule has 23 heavy (non-hydrogen) atoms. The number of phenols is 1. The highest BCUT2D eigenvalue weighted by Gasteiger charge is 2.12. The zero-order valence-electron chi connectivity index (χ0n) is 13.6. The van der Waals surface area contributed by atoms with Crippen molar-refractivity contribution in [1.29, 1.82) is 0 Å². The number of anilines is 1. The van der Waals surface area contributed by atoms with Gasteiger partial charge in [-0.15, -0.1) is 0 Å². The molecule has 0 saturated heterocycles. The van der Waals surface area contributed by atoms with Crippen LogP contribution in [0.1, 0.15) is 29.8 Å². The minimum Gasteiger partial charge on any atom is -0.507 e. The summed E-state index contributed by atoms with van der Waals surface area (Å²) in [6.07, 6.45) is 0. The molecule has 0 saturated carbocycles. The minimum atomic E-state index is -0.317. The van der Waals surface area contributed by atoms with Crippen LogP contribution in [0.25, 0.3) is 10.8 Å². The SMILES string of the molecule is CC.Cc1ccc2cc(O)c(C(=O)Nc3ccccc3)cc2c1. The van der Waals surface area contributed by atoms with Gasteiger partial charge in [-0.3, -0.25) is 4.79 Å². The Morgan fingerprint density at radius 1 is 0.913 bits per heavy atom. The van der Waals surface area contributed by atoms with Crippen molar-refractivity contribution in [3.8, 4) is 5.75 Å². The molecule has 0 fully saturated rings. The van der Waals surface area contributed by atoms with Gasteiger partial charge in [-0.05, 0) is 42.0 Å². The van der Waals surface area contributed by atoms with Gasteiger partial charge in [0.15, 0.2) is 0 Å². The van der Waals surface area contributed by atoms with E-state index in [1.54, 1.807) is 24.3 Å². The summed E-state index contributed by atoms with van der Waals surface area (Å²) in [6.45, 7) is 6.00. The molecule has 3 nitrogen and oxygen atoms in total. The normalized spacial score (nSPS) is 9.87. The van der Waals surface area contributed by atoms with Crippen LogP contribution in [0.5, 0.6) is 5.75 Å². The van der Waals surface area contributed by atoms with Gasteiger partial charge >= 0.3 is 0 Å². The predicted octanol–water partition coefficient (Wildman–Crippen LogP) is 5.13. The second-order valence-electron chi connectivity index (χ2n) is 5.04. The Labute approximate surface area is 136 Å². The second kappa shape index (κ2) is 7.45. The molecule has 0 spiro atoms. The third kappa shape index (κ3) is 3.89. The van der Waals surface area contributed by atoms with Crippen LogP contribution in [0.15, 0.2) is 60.7 Å². The van der Waals surface area contributed by atoms with Gasteiger partial charge in [-0.2, -0.15) is 0 Å². The highest BCUT2D eigenvalue weighted by atomic mass is 16.3. The lowest BCUT2D eigenvalue weighted by molar-refractivity contribution is 0.102. The van der Waals surface area contributed by atoms with Crippen molar-refractivity contribution in [2.75, 3.05) is 5.32 Å². The quantitative estimate of drug-likeness (QED) is 0.689. The topological polar surface area (TPSA) is 49.3 Å². The van der Waals surface area contributed by atoms with Gasteiger partial charge < -0.3 is 10.4 Å². The average molecular weight is 307 g/mol. The van der Waals surface area contributed by atoms with E-state index < -0.39 is 0 Å². The van der Waals surface area contributed by atoms with Crippen molar-refractivity contribution < 1.29 is 9.90 Å². The molecular formula is C20H21NO2. The molecule has 118 valence electrons. The second-order valence-corrected chi connectivity index (χ2v) is 5.04. The zero-order valence-corrected chi connectivity index (χ0v) is 13.6. The first-order chi connectivity index (χ1) is 11.1. The van der Waals surface area contributed by atoms with Crippen LogP contribution in [-0.4, -0.2) is 11.0 Å². The maximum atomic E-state index is 12.3. The molecule has 0 aliphatic heterocycles. The number of carbonyl (C=O) groups excluding carboxylic acids is 1. The van der Waals surface area contributed by atoms with Crippen molar-refractivity contribution in [3.63, 3.8) is 0 Å². The van der Waals surface area contributed by atoms with Crippen molar-refractivity contribution in [3.05, 3.63) is 71.8 Å². The maximum Gasteiger partial charge on any atom is 0.259 e. The molecule has 0 heterocycles. The number of para-hydroxylation sites is 1. The van der Waals surface area contributed by atoms with Crippen LogP contribution in [-0.2, 0) is 0 Å². The number of hydrogen-bond donors (Lipinski definition) is 2. The third-order valence-electron chi connectivity index (χ3n) is 3.39. The van der Waals surface area contributed by atoms with Gasteiger partial charge in [0.25, 0.3) is 5.91 Å². The Morgan fingerprint density at radius 3 is 2.30 bits per heavy atom. The van der Waals surface area contributed by atoms with Crippen molar-refractivity contribution >= 4 is 22.4 Å². The predicted molar refractivity (Wildman–Crippen MR) is 96.1 cm³/mol. The summed E-state index contributed by atoms with van der Waals surface area (Å²) in [6, 6.07) is 18.4. The molecule has 3 aromatic rings. The van der Waals surface area contributed by atoms with E-state index in [9.17, 15) is 9.90 Å². The number of amides is 1. The van der Waals surface area contributed by atoms with Gasteiger partial charge in [-0.1, -0.05) is 55.8 Å². The van der Waals surface area contributed by atoms with Gasteiger partial charge in [0, 0.05) is 5.69 Å². The molecule has 0 aromatic heterocycles. The zero-order chi connectivity index (χ0) is 16.8. The summed E-state index contributed by atoms with van der Waals surface area (Å²) in [4.78, 5) is 12.3. The lowest BCUT2D eigenvalue weighted by atomic mass is 10.0. The number of phenolic OH excluding ortho intramolecular Hbond substituents is 1. The first-order valence-corrected chi connectivity index (χ1v) is 7.73. The van der Waals surface area contributed by atoms with E-state index in [1.807, 2.05) is 57.2 Å². The average Bonchev–Trinajstić information content (AvgIpc) is 2.57. The number of benzene rings is 3. The van der Waals surface area contributed by atoms with Crippen LogP contribution < -0.4 is 5.32 Å². The molecule has 0 atom stereocenters. The van der Waals surface area contributed by atoms with E-state index in [-0.39, 0.29) is 17.2 Å². The Hall–Kier alpha value is -2.81. The number of fused-ring (bicyclic) bond motifs is 1. The Morgan fingerprint density at radius 2 is 1.61 bits per heavy atom. The first kappa shape index (κ1) is 16.6. The van der Waals surface area contributed by atoms with Crippen molar-refractivity contribution in [1.82, 2.24) is 0 Å². The molecule has 3 heteroatoms. The third-order valence-corrected chi connectivity index (χ3v) is 3.39. The standard InChI is InChI=1S/C18H15NO2.C2H6/c1-12-7-8-13-11-17(20)16(10-14(13)9-12)18(21)19-15-5-3-2-4-6-15;1-2/h2-11,20H,1H3,(H,19,21);1-2H3. The Bertz CT molecular complexity index is 810. The largest absolute Gasteiger partial charge is 0.507 e. The van der Waals surface area contributed by atoms with Crippen LogP contribution in [0, 0.1) is 6.92 Å². The molecule has 0 aliphatic rings. The van der Waals surface area contributed by atoms with Crippen LogP contribution in [0.2, 0.25) is 0 Å². The summed E-state index contributed by atoms with van der Waals surface area (Å²) >= 11 is 0. The van der Waals surface area contributed by atoms with E-state index in [1.165, 1.54) is 0 Å². The van der Waals surface area contributed by atoms with Gasteiger partial charge in [0.05, 0.1) is 5.56 Å². The summed E-state index contributed by atoms with van der Waals surface area (Å²) in [5, 5.41) is 14.7. The lowest BCUT2D eigenvalue weighted by Crippen LogP contribution is -2.12. The Kier molecular flexibility index (Phi) is 5.36. The number of nitrogens with one attached hydrogen (secondary N) is 1. The summed E-state index contributed by atoms with van der Waals surface area (Å²) < 4.78 is 0. The van der Waals surface area contributed by atoms with Crippen LogP contribution >= 0.6 is 0 Å².